The van der Waals surface area contributed by atoms with Crippen molar-refractivity contribution in [2.45, 2.75) is 6.10 Å². The molecule has 1 aromatic heterocycles. The summed E-state index contributed by atoms with van der Waals surface area (Å²) >= 11 is 7.78. The van der Waals surface area contributed by atoms with Crippen LogP contribution in [-0.2, 0) is 0 Å². The summed E-state index contributed by atoms with van der Waals surface area (Å²) in [5.41, 5.74) is 0.609. The van der Waals surface area contributed by atoms with Gasteiger partial charge in [-0.25, -0.2) is 4.39 Å². The maximum absolute atomic E-state index is 13.3. The molecule has 0 aliphatic carbocycles. The van der Waals surface area contributed by atoms with Gasteiger partial charge >= 0.3 is 0 Å². The number of hydrogen-bond donors (Lipinski definition) is 1. The Hall–Kier alpha value is -1.78. The van der Waals surface area contributed by atoms with Crippen molar-refractivity contribution >= 4 is 38.7 Å². The zero-order valence-corrected chi connectivity index (χ0v) is 12.5. The zero-order valence-electron chi connectivity index (χ0n) is 10.9. The van der Waals surface area contributed by atoms with Crippen LogP contribution >= 0.6 is 22.9 Å². The number of thiophene rings is 1. The molecule has 2 nitrogen and oxygen atoms in total. The first kappa shape index (κ1) is 12.9. The molecular formula is C16H11ClFNOS. The van der Waals surface area contributed by atoms with Crippen molar-refractivity contribution in [2.24, 2.45) is 0 Å². The van der Waals surface area contributed by atoms with Gasteiger partial charge in [-0.05, 0) is 23.6 Å². The first-order valence-corrected chi connectivity index (χ1v) is 7.78. The number of hydrogen-bond acceptors (Lipinski definition) is 3. The molecule has 2 heterocycles. The molecule has 1 atom stereocenters. The minimum atomic E-state index is -0.366. The molecule has 4 rings (SSSR count). The van der Waals surface area contributed by atoms with Crippen LogP contribution in [0.1, 0.15) is 11.0 Å². The summed E-state index contributed by atoms with van der Waals surface area (Å²) in [5, 5.41) is 4.69. The minimum Gasteiger partial charge on any atom is -0.479 e. The molecule has 1 aliphatic rings. The van der Waals surface area contributed by atoms with E-state index in [0.29, 0.717) is 23.0 Å². The summed E-state index contributed by atoms with van der Waals surface area (Å²) in [5.74, 6) is 0.155. The highest BCUT2D eigenvalue weighted by molar-refractivity contribution is 7.19. The lowest BCUT2D eigenvalue weighted by molar-refractivity contribution is 0.214. The van der Waals surface area contributed by atoms with E-state index in [1.807, 2.05) is 12.1 Å². The third-order valence-electron chi connectivity index (χ3n) is 3.51. The van der Waals surface area contributed by atoms with Gasteiger partial charge in [-0.2, -0.15) is 0 Å². The summed E-state index contributed by atoms with van der Waals surface area (Å²) in [6.07, 6.45) is -0.113. The van der Waals surface area contributed by atoms with Crippen LogP contribution in [0.5, 0.6) is 5.75 Å². The number of ether oxygens (including phenoxy) is 1. The Morgan fingerprint density at radius 1 is 1.24 bits per heavy atom. The summed E-state index contributed by atoms with van der Waals surface area (Å²) in [4.78, 5) is 1.13. The predicted molar refractivity (Wildman–Crippen MR) is 85.1 cm³/mol. The van der Waals surface area contributed by atoms with Crippen LogP contribution in [0.3, 0.4) is 0 Å². The molecule has 2 aromatic carbocycles. The SMILES string of the molecule is Fc1cc(Cl)c2c(c1)NCC(c1cc3ccccc3s1)O2. The van der Waals surface area contributed by atoms with E-state index in [1.165, 1.54) is 22.2 Å². The van der Waals surface area contributed by atoms with Gasteiger partial charge < -0.3 is 10.1 Å². The van der Waals surface area contributed by atoms with Gasteiger partial charge in [0.15, 0.2) is 11.9 Å². The zero-order chi connectivity index (χ0) is 14.4. The third-order valence-corrected chi connectivity index (χ3v) is 5.00. The van der Waals surface area contributed by atoms with Crippen LogP contribution < -0.4 is 10.1 Å². The molecule has 3 aromatic rings. The van der Waals surface area contributed by atoms with E-state index >= 15 is 0 Å². The number of rotatable bonds is 1. The Morgan fingerprint density at radius 3 is 2.95 bits per heavy atom. The first-order chi connectivity index (χ1) is 10.2. The van der Waals surface area contributed by atoms with E-state index in [9.17, 15) is 4.39 Å². The molecule has 0 radical (unpaired) electrons. The predicted octanol–water partition coefficient (Wildman–Crippen LogP) is 5.24. The van der Waals surface area contributed by atoms with Crippen molar-refractivity contribution in [1.29, 1.82) is 0 Å². The third kappa shape index (κ3) is 2.24. The summed E-state index contributed by atoms with van der Waals surface area (Å²) < 4.78 is 20.5. The molecule has 1 aliphatic heterocycles. The lowest BCUT2D eigenvalue weighted by Gasteiger charge is -2.27. The van der Waals surface area contributed by atoms with Crippen molar-refractivity contribution in [3.8, 4) is 5.75 Å². The fraction of sp³-hybridized carbons (Fsp3) is 0.125. The molecule has 0 bridgehead atoms. The van der Waals surface area contributed by atoms with E-state index in [1.54, 1.807) is 11.3 Å². The van der Waals surface area contributed by atoms with Crippen molar-refractivity contribution < 1.29 is 9.13 Å². The first-order valence-electron chi connectivity index (χ1n) is 6.59. The Bertz CT molecular complexity index is 799. The molecule has 1 unspecified atom stereocenters. The lowest BCUT2D eigenvalue weighted by Crippen LogP contribution is -2.23. The van der Waals surface area contributed by atoms with Crippen molar-refractivity contribution in [3.63, 3.8) is 0 Å². The molecule has 106 valence electrons. The average Bonchev–Trinajstić information content (AvgIpc) is 2.90. The molecule has 0 amide bonds. The number of halogens is 2. The molecule has 1 N–H and O–H groups in total. The highest BCUT2D eigenvalue weighted by atomic mass is 35.5. The molecule has 21 heavy (non-hydrogen) atoms. The van der Waals surface area contributed by atoms with Gasteiger partial charge in [-0.15, -0.1) is 11.3 Å². The molecular weight excluding hydrogens is 309 g/mol. The summed E-state index contributed by atoms with van der Waals surface area (Å²) in [6.45, 7) is 0.597. The molecule has 5 heteroatoms. The number of benzene rings is 2. The summed E-state index contributed by atoms with van der Waals surface area (Å²) in [7, 11) is 0. The Morgan fingerprint density at radius 2 is 2.10 bits per heavy atom. The number of anilines is 1. The van der Waals surface area contributed by atoms with E-state index in [2.05, 4.69) is 23.5 Å². The Kier molecular flexibility index (Phi) is 3.01. The normalized spacial score (nSPS) is 17.1. The van der Waals surface area contributed by atoms with E-state index in [0.717, 1.165) is 4.88 Å². The summed E-state index contributed by atoms with van der Waals surface area (Å²) in [6, 6.07) is 13.0. The van der Waals surface area contributed by atoms with Gasteiger partial charge in [-0.1, -0.05) is 29.8 Å². The molecule has 0 fully saturated rings. The van der Waals surface area contributed by atoms with E-state index < -0.39 is 0 Å². The molecule has 0 saturated carbocycles. The average molecular weight is 320 g/mol. The second-order valence-electron chi connectivity index (χ2n) is 4.94. The second-order valence-corrected chi connectivity index (χ2v) is 6.46. The lowest BCUT2D eigenvalue weighted by atomic mass is 10.2. The van der Waals surface area contributed by atoms with Gasteiger partial charge in [0.1, 0.15) is 5.82 Å². The van der Waals surface area contributed by atoms with Gasteiger partial charge in [-0.3, -0.25) is 0 Å². The standard InChI is InChI=1S/C16H11ClFNOS/c17-11-6-10(18)7-12-16(11)20-13(8-19-12)15-5-9-3-1-2-4-14(9)21-15/h1-7,13,19H,8H2. The van der Waals surface area contributed by atoms with Gasteiger partial charge in [0.2, 0.25) is 0 Å². The monoisotopic (exact) mass is 319 g/mol. The van der Waals surface area contributed by atoms with E-state index in [-0.39, 0.29) is 11.9 Å². The smallest absolute Gasteiger partial charge is 0.162 e. The number of nitrogens with one attached hydrogen (secondary N) is 1. The number of fused-ring (bicyclic) bond motifs is 2. The van der Waals surface area contributed by atoms with Crippen LogP contribution in [0.15, 0.2) is 42.5 Å². The highest BCUT2D eigenvalue weighted by Gasteiger charge is 2.25. The maximum Gasteiger partial charge on any atom is 0.162 e. The fourth-order valence-electron chi connectivity index (χ4n) is 2.52. The fourth-order valence-corrected chi connectivity index (χ4v) is 3.86. The van der Waals surface area contributed by atoms with Crippen molar-refractivity contribution in [2.75, 3.05) is 11.9 Å². The van der Waals surface area contributed by atoms with Crippen LogP contribution in [0.2, 0.25) is 5.02 Å². The van der Waals surface area contributed by atoms with Crippen LogP contribution in [-0.4, -0.2) is 6.54 Å². The van der Waals surface area contributed by atoms with Crippen LogP contribution in [0.4, 0.5) is 10.1 Å². The Labute approximate surface area is 130 Å². The van der Waals surface area contributed by atoms with E-state index in [4.69, 9.17) is 16.3 Å². The van der Waals surface area contributed by atoms with Crippen molar-refractivity contribution in [1.82, 2.24) is 0 Å². The maximum atomic E-state index is 13.3. The van der Waals surface area contributed by atoms with Gasteiger partial charge in [0.05, 0.1) is 17.3 Å². The largest absolute Gasteiger partial charge is 0.479 e. The quantitative estimate of drug-likeness (QED) is 0.662. The van der Waals surface area contributed by atoms with Gasteiger partial charge in [0.25, 0.3) is 0 Å². The minimum absolute atomic E-state index is 0.113. The Balaban J connectivity index is 1.71. The molecule has 0 saturated heterocycles. The van der Waals surface area contributed by atoms with Crippen LogP contribution in [0, 0.1) is 5.82 Å². The topological polar surface area (TPSA) is 21.3 Å². The molecule has 0 spiro atoms. The highest BCUT2D eigenvalue weighted by Crippen LogP contribution is 2.42. The van der Waals surface area contributed by atoms with Gasteiger partial charge in [0, 0.05) is 15.6 Å². The second kappa shape index (κ2) is 4.90. The van der Waals surface area contributed by atoms with Crippen LogP contribution in [0.25, 0.3) is 10.1 Å². The van der Waals surface area contributed by atoms with Crippen molar-refractivity contribution in [3.05, 3.63) is 58.2 Å².